The van der Waals surface area contributed by atoms with Crippen LogP contribution in [0.25, 0.3) is 0 Å². The van der Waals surface area contributed by atoms with Gasteiger partial charge in [0.05, 0.1) is 31.4 Å². The van der Waals surface area contributed by atoms with Crippen LogP contribution in [0.15, 0.2) is 79.0 Å². The van der Waals surface area contributed by atoms with Gasteiger partial charge in [0.15, 0.2) is 0 Å². The van der Waals surface area contributed by atoms with E-state index in [0.717, 1.165) is 5.56 Å². The van der Waals surface area contributed by atoms with Crippen LogP contribution in [0.4, 0.5) is 10.6 Å². The number of nitrogens with one attached hydrogen (secondary N) is 3. The zero-order valence-electron chi connectivity index (χ0n) is 24.2. The molecule has 44 heavy (non-hydrogen) atoms. The molecule has 4 N–H and O–H groups in total. The van der Waals surface area contributed by atoms with Gasteiger partial charge >= 0.3 is 12.1 Å². The number of benzene rings is 2. The number of hydrogen-bond donors (Lipinski definition) is 4. The second-order valence-electron chi connectivity index (χ2n) is 9.98. The Morgan fingerprint density at radius 1 is 1.02 bits per heavy atom. The summed E-state index contributed by atoms with van der Waals surface area (Å²) in [5.41, 5.74) is 1.02. The first kappa shape index (κ1) is 31.8. The van der Waals surface area contributed by atoms with Gasteiger partial charge in [-0.3, -0.25) is 9.59 Å². The van der Waals surface area contributed by atoms with Gasteiger partial charge < -0.3 is 40.2 Å². The molecule has 1 aromatic heterocycles. The number of methoxy groups -OCH3 is 1. The number of aliphatic carboxylic acids is 1. The fourth-order valence-corrected chi connectivity index (χ4v) is 4.63. The quantitative estimate of drug-likeness (QED) is 0.214. The molecular weight excluding hydrogens is 570 g/mol. The molecule has 3 amide bonds. The Hall–Kier alpha value is -5.17. The lowest BCUT2D eigenvalue weighted by Crippen LogP contribution is -2.49. The fourth-order valence-electron chi connectivity index (χ4n) is 4.63. The fraction of sp³-hybridized carbons (Fsp3) is 0.323. The Morgan fingerprint density at radius 3 is 2.50 bits per heavy atom. The molecule has 0 spiro atoms. The Bertz CT molecular complexity index is 1410. The van der Waals surface area contributed by atoms with Gasteiger partial charge in [0.25, 0.3) is 5.91 Å². The third-order valence-electron chi connectivity index (χ3n) is 6.91. The number of pyridine rings is 1. The molecule has 4 rings (SSSR count). The summed E-state index contributed by atoms with van der Waals surface area (Å²) in [6, 6.07) is 19.5. The van der Waals surface area contributed by atoms with Gasteiger partial charge in [0.1, 0.15) is 30.8 Å². The van der Waals surface area contributed by atoms with Crippen LogP contribution in [0.5, 0.6) is 5.75 Å². The van der Waals surface area contributed by atoms with Crippen molar-refractivity contribution in [1.82, 2.24) is 20.5 Å². The van der Waals surface area contributed by atoms with Crippen molar-refractivity contribution >= 4 is 29.7 Å². The van der Waals surface area contributed by atoms with Crippen molar-refractivity contribution in [3.63, 3.8) is 0 Å². The topological polar surface area (TPSA) is 168 Å². The first-order chi connectivity index (χ1) is 21.3. The van der Waals surface area contributed by atoms with E-state index in [4.69, 9.17) is 14.2 Å². The number of likely N-dealkylation sites (tertiary alicyclic amines) is 1. The monoisotopic (exact) mass is 605 g/mol. The third-order valence-corrected chi connectivity index (χ3v) is 6.91. The van der Waals surface area contributed by atoms with Gasteiger partial charge in [-0.05, 0) is 36.2 Å². The van der Waals surface area contributed by atoms with Gasteiger partial charge in [-0.2, -0.15) is 0 Å². The Morgan fingerprint density at radius 2 is 1.77 bits per heavy atom. The number of hydrogen-bond acceptors (Lipinski definition) is 9. The lowest BCUT2D eigenvalue weighted by atomic mass is 10.1. The standard InChI is InChI=1S/C31H35N5O8/c1-42-26-12-6-5-11-24(26)29(38)35-25(30(39)40)17-34-28(37)20-43-23-15-22(16-33-27-13-7-8-14-32-27)36(18-23)31(41)44-19-21-9-3-2-4-10-21/h2-14,22-23,25H,15-20H2,1H3,(H,32,33)(H,34,37)(H,35,38)(H,39,40)/t22-,23+,25-/m0/s1. The molecule has 13 nitrogen and oxygen atoms in total. The summed E-state index contributed by atoms with van der Waals surface area (Å²) in [6.07, 6.45) is 1.11. The van der Waals surface area contributed by atoms with Crippen LogP contribution in [-0.4, -0.2) is 90.4 Å². The van der Waals surface area contributed by atoms with Crippen LogP contribution < -0.4 is 20.7 Å². The number of carbonyl (C=O) groups excluding carboxylic acids is 3. The largest absolute Gasteiger partial charge is 0.496 e. The van der Waals surface area contributed by atoms with Crippen molar-refractivity contribution in [2.24, 2.45) is 0 Å². The Kier molecular flexibility index (Phi) is 11.5. The highest BCUT2D eigenvalue weighted by atomic mass is 16.6. The Labute approximate surface area is 254 Å². The summed E-state index contributed by atoms with van der Waals surface area (Å²) in [7, 11) is 1.40. The summed E-state index contributed by atoms with van der Waals surface area (Å²) >= 11 is 0. The van der Waals surface area contributed by atoms with Crippen molar-refractivity contribution in [3.05, 3.63) is 90.1 Å². The minimum atomic E-state index is -1.39. The molecule has 0 bridgehead atoms. The molecule has 1 fully saturated rings. The number of carboxylic acid groups (broad SMARTS) is 1. The van der Waals surface area contributed by atoms with Crippen LogP contribution in [0.1, 0.15) is 22.3 Å². The van der Waals surface area contributed by atoms with E-state index in [-0.39, 0.29) is 43.7 Å². The number of rotatable bonds is 14. The number of carbonyl (C=O) groups is 4. The third kappa shape index (κ3) is 9.16. The van der Waals surface area contributed by atoms with Crippen molar-refractivity contribution < 1.29 is 38.5 Å². The molecule has 2 heterocycles. The van der Waals surface area contributed by atoms with Crippen LogP contribution in [0.2, 0.25) is 0 Å². The molecule has 3 aromatic rings. The number of carboxylic acids is 1. The minimum absolute atomic E-state index is 0.114. The smallest absolute Gasteiger partial charge is 0.410 e. The predicted molar refractivity (Wildman–Crippen MR) is 159 cm³/mol. The number of amides is 3. The lowest BCUT2D eigenvalue weighted by Gasteiger charge is -2.24. The van der Waals surface area contributed by atoms with E-state index >= 15 is 0 Å². The van der Waals surface area contributed by atoms with Gasteiger partial charge in [-0.25, -0.2) is 14.6 Å². The second kappa shape index (κ2) is 15.9. The highest BCUT2D eigenvalue weighted by molar-refractivity contribution is 5.99. The van der Waals surface area contributed by atoms with Crippen LogP contribution in [-0.2, 0) is 25.7 Å². The van der Waals surface area contributed by atoms with Crippen molar-refractivity contribution in [1.29, 1.82) is 0 Å². The molecular formula is C31H35N5O8. The van der Waals surface area contributed by atoms with E-state index in [0.29, 0.717) is 18.8 Å². The number of nitrogens with zero attached hydrogens (tertiary/aromatic N) is 2. The molecule has 13 heteroatoms. The van der Waals surface area contributed by atoms with Gasteiger partial charge in [0.2, 0.25) is 5.91 Å². The highest BCUT2D eigenvalue weighted by Crippen LogP contribution is 2.23. The van der Waals surface area contributed by atoms with Crippen LogP contribution >= 0.6 is 0 Å². The number of para-hydroxylation sites is 1. The number of aromatic nitrogens is 1. The van der Waals surface area contributed by atoms with E-state index < -0.39 is 36.0 Å². The van der Waals surface area contributed by atoms with Crippen molar-refractivity contribution in [3.8, 4) is 5.75 Å². The van der Waals surface area contributed by atoms with E-state index in [1.807, 2.05) is 42.5 Å². The van der Waals surface area contributed by atoms with Gasteiger partial charge in [-0.1, -0.05) is 48.5 Å². The summed E-state index contributed by atoms with van der Waals surface area (Å²) < 4.78 is 16.5. The molecule has 1 saturated heterocycles. The predicted octanol–water partition coefficient (Wildman–Crippen LogP) is 2.30. The maximum absolute atomic E-state index is 13.0. The summed E-state index contributed by atoms with van der Waals surface area (Å²) in [5.74, 6) is -1.61. The highest BCUT2D eigenvalue weighted by Gasteiger charge is 2.37. The zero-order valence-corrected chi connectivity index (χ0v) is 24.2. The normalized spacial score (nSPS) is 16.4. The van der Waals surface area contributed by atoms with Crippen LogP contribution in [0.3, 0.4) is 0 Å². The summed E-state index contributed by atoms with van der Waals surface area (Å²) in [5, 5.41) is 17.7. The molecule has 1 aliphatic rings. The molecule has 0 saturated carbocycles. The molecule has 0 radical (unpaired) electrons. The maximum atomic E-state index is 13.0. The van der Waals surface area contributed by atoms with Gasteiger partial charge in [0, 0.05) is 19.3 Å². The van der Waals surface area contributed by atoms with E-state index in [2.05, 4.69) is 20.9 Å². The van der Waals surface area contributed by atoms with Crippen molar-refractivity contribution in [2.75, 3.05) is 38.7 Å². The molecule has 232 valence electrons. The summed E-state index contributed by atoms with van der Waals surface area (Å²) in [4.78, 5) is 55.8. The molecule has 3 atom stereocenters. The first-order valence-electron chi connectivity index (χ1n) is 14.0. The SMILES string of the molecule is COc1ccccc1C(=O)N[C@@H](CNC(=O)CO[C@@H]1C[C@@H](CNc2ccccn2)N(C(=O)OCc2ccccc2)C1)C(=O)O. The van der Waals surface area contributed by atoms with Crippen molar-refractivity contribution in [2.45, 2.75) is 31.2 Å². The molecule has 0 unspecified atom stereocenters. The maximum Gasteiger partial charge on any atom is 0.410 e. The van der Waals surface area contributed by atoms with E-state index in [1.165, 1.54) is 13.2 Å². The minimum Gasteiger partial charge on any atom is -0.496 e. The van der Waals surface area contributed by atoms with E-state index in [1.54, 1.807) is 35.4 Å². The number of anilines is 1. The van der Waals surface area contributed by atoms with E-state index in [9.17, 15) is 24.3 Å². The Balaban J connectivity index is 1.29. The molecule has 0 aliphatic carbocycles. The average molecular weight is 606 g/mol. The average Bonchev–Trinajstić information content (AvgIpc) is 3.47. The number of ether oxygens (including phenoxy) is 3. The lowest BCUT2D eigenvalue weighted by molar-refractivity contribution is -0.139. The molecule has 2 aromatic carbocycles. The second-order valence-corrected chi connectivity index (χ2v) is 9.98. The first-order valence-corrected chi connectivity index (χ1v) is 14.0. The van der Waals surface area contributed by atoms with Crippen LogP contribution in [0, 0.1) is 0 Å². The zero-order chi connectivity index (χ0) is 31.3. The molecule has 1 aliphatic heterocycles. The summed E-state index contributed by atoms with van der Waals surface area (Å²) in [6.45, 7) is -0.0386. The van der Waals surface area contributed by atoms with Gasteiger partial charge in [-0.15, -0.1) is 0 Å².